The van der Waals surface area contributed by atoms with Crippen molar-refractivity contribution in [1.82, 2.24) is 0 Å². The van der Waals surface area contributed by atoms with Gasteiger partial charge in [0.2, 0.25) is 0 Å². The summed E-state index contributed by atoms with van der Waals surface area (Å²) in [4.78, 5) is 12.9. The van der Waals surface area contributed by atoms with Crippen LogP contribution in [0.25, 0.3) is 0 Å². The van der Waals surface area contributed by atoms with Gasteiger partial charge in [-0.1, -0.05) is 0 Å². The minimum atomic E-state index is -0.268. The van der Waals surface area contributed by atoms with E-state index in [0.717, 1.165) is 37.9 Å². The molecule has 4 nitrogen and oxygen atoms in total. The number of anilines is 1. The summed E-state index contributed by atoms with van der Waals surface area (Å²) in [7, 11) is 0. The van der Waals surface area contributed by atoms with Crippen LogP contribution in [0.15, 0.2) is 18.2 Å². The van der Waals surface area contributed by atoms with Gasteiger partial charge in [-0.15, -0.1) is 0 Å². The van der Waals surface area contributed by atoms with Crippen molar-refractivity contribution in [2.75, 3.05) is 18.0 Å². The van der Waals surface area contributed by atoms with Crippen LogP contribution in [0.2, 0.25) is 0 Å². The second kappa shape index (κ2) is 5.85. The highest BCUT2D eigenvalue weighted by atomic mass is 16.3. The van der Waals surface area contributed by atoms with Crippen molar-refractivity contribution in [3.05, 3.63) is 29.3 Å². The third-order valence-corrected chi connectivity index (χ3v) is 3.84. The number of carbonyl (C=O) groups is 1. The number of piperidine rings is 1. The van der Waals surface area contributed by atoms with Crippen molar-refractivity contribution >= 4 is 12.0 Å². The molecule has 1 aromatic carbocycles. The number of hydrogen-bond acceptors (Lipinski definition) is 4. The Kier molecular flexibility index (Phi) is 4.18. The summed E-state index contributed by atoms with van der Waals surface area (Å²) in [6.45, 7) is 3.51. The van der Waals surface area contributed by atoms with Crippen molar-refractivity contribution in [3.63, 3.8) is 0 Å². The molecule has 2 rings (SSSR count). The van der Waals surface area contributed by atoms with Crippen LogP contribution < -0.4 is 4.90 Å². The van der Waals surface area contributed by atoms with E-state index in [0.29, 0.717) is 17.0 Å². The van der Waals surface area contributed by atoms with E-state index in [1.165, 1.54) is 0 Å². The molecule has 4 heteroatoms. The zero-order valence-corrected chi connectivity index (χ0v) is 11.0. The lowest BCUT2D eigenvalue weighted by Gasteiger charge is -2.35. The molecule has 1 atom stereocenters. The molecular weight excluding hydrogens is 240 g/mol. The Hall–Kier alpha value is -1.86. The molecule has 0 amide bonds. The van der Waals surface area contributed by atoms with Crippen molar-refractivity contribution in [3.8, 4) is 6.07 Å². The molecule has 0 aromatic heterocycles. The summed E-state index contributed by atoms with van der Waals surface area (Å²) in [5, 5.41) is 18.8. The lowest BCUT2D eigenvalue weighted by atomic mass is 9.91. The first-order valence-corrected chi connectivity index (χ1v) is 6.58. The quantitative estimate of drug-likeness (QED) is 0.842. The summed E-state index contributed by atoms with van der Waals surface area (Å²) < 4.78 is 0. The molecule has 100 valence electrons. The summed E-state index contributed by atoms with van der Waals surface area (Å²) >= 11 is 0. The normalized spacial score (nSPS) is 17.8. The predicted octanol–water partition coefficient (Wildman–Crippen LogP) is 1.97. The Morgan fingerprint density at radius 2 is 2.16 bits per heavy atom. The molecule has 1 heterocycles. The summed E-state index contributed by atoms with van der Waals surface area (Å²) in [5.74, 6) is 0.344. The van der Waals surface area contributed by atoms with Crippen LogP contribution in [0.4, 0.5) is 5.69 Å². The number of aliphatic hydroxyl groups is 1. The fourth-order valence-electron chi connectivity index (χ4n) is 2.62. The number of hydrogen-bond donors (Lipinski definition) is 1. The van der Waals surface area contributed by atoms with Gasteiger partial charge in [0.1, 0.15) is 12.4 Å². The van der Waals surface area contributed by atoms with E-state index >= 15 is 0 Å². The molecule has 0 spiro atoms. The van der Waals surface area contributed by atoms with Crippen LogP contribution in [0.3, 0.4) is 0 Å². The largest absolute Gasteiger partial charge is 0.393 e. The monoisotopic (exact) mass is 258 g/mol. The zero-order valence-electron chi connectivity index (χ0n) is 11.0. The van der Waals surface area contributed by atoms with Gasteiger partial charge >= 0.3 is 0 Å². The molecule has 0 radical (unpaired) electrons. The Morgan fingerprint density at radius 1 is 1.47 bits per heavy atom. The van der Waals surface area contributed by atoms with E-state index in [1.54, 1.807) is 12.1 Å². The number of aliphatic hydroxyl groups excluding tert-OH is 1. The second-order valence-electron chi connectivity index (χ2n) is 5.07. The Balaban J connectivity index is 2.16. The molecule has 1 saturated heterocycles. The SMILES string of the molecule is CC(O)C1CCN(c2ccc(C=O)cc2C#N)CC1. The van der Waals surface area contributed by atoms with Crippen LogP contribution in [0.1, 0.15) is 35.7 Å². The molecule has 1 fully saturated rings. The number of nitriles is 1. The van der Waals surface area contributed by atoms with Gasteiger partial charge in [0.15, 0.2) is 0 Å². The van der Waals surface area contributed by atoms with Crippen LogP contribution in [0.5, 0.6) is 0 Å². The maximum absolute atomic E-state index is 10.7. The van der Waals surface area contributed by atoms with Crippen molar-refractivity contribution in [1.29, 1.82) is 5.26 Å². The Bertz CT molecular complexity index is 497. The van der Waals surface area contributed by atoms with Gasteiger partial charge in [-0.25, -0.2) is 0 Å². The van der Waals surface area contributed by atoms with E-state index < -0.39 is 0 Å². The van der Waals surface area contributed by atoms with E-state index in [2.05, 4.69) is 11.0 Å². The minimum Gasteiger partial charge on any atom is -0.393 e. The molecule has 0 bridgehead atoms. The molecule has 0 saturated carbocycles. The number of nitrogens with zero attached hydrogens (tertiary/aromatic N) is 2. The van der Waals surface area contributed by atoms with E-state index in [1.807, 2.05) is 13.0 Å². The molecule has 1 N–H and O–H groups in total. The predicted molar refractivity (Wildman–Crippen MR) is 73.2 cm³/mol. The summed E-state index contributed by atoms with van der Waals surface area (Å²) in [6.07, 6.45) is 2.34. The van der Waals surface area contributed by atoms with Gasteiger partial charge in [-0.2, -0.15) is 5.26 Å². The average molecular weight is 258 g/mol. The van der Waals surface area contributed by atoms with Crippen LogP contribution >= 0.6 is 0 Å². The maximum Gasteiger partial charge on any atom is 0.150 e. The first-order valence-electron chi connectivity index (χ1n) is 6.58. The highest BCUT2D eigenvalue weighted by Crippen LogP contribution is 2.28. The molecule has 1 aliphatic rings. The Labute approximate surface area is 113 Å². The average Bonchev–Trinajstić information content (AvgIpc) is 2.46. The lowest BCUT2D eigenvalue weighted by Crippen LogP contribution is -2.37. The zero-order chi connectivity index (χ0) is 13.8. The van der Waals surface area contributed by atoms with Gasteiger partial charge in [0, 0.05) is 18.7 Å². The number of aldehydes is 1. The molecule has 0 aliphatic carbocycles. The molecular formula is C15H18N2O2. The van der Waals surface area contributed by atoms with Crippen LogP contribution in [-0.4, -0.2) is 30.6 Å². The molecule has 19 heavy (non-hydrogen) atoms. The number of carbonyl (C=O) groups excluding carboxylic acids is 1. The molecule has 1 aliphatic heterocycles. The van der Waals surface area contributed by atoms with Crippen molar-refractivity contribution < 1.29 is 9.90 Å². The van der Waals surface area contributed by atoms with Crippen molar-refractivity contribution in [2.45, 2.75) is 25.9 Å². The van der Waals surface area contributed by atoms with Gasteiger partial charge in [0.25, 0.3) is 0 Å². The Morgan fingerprint density at radius 3 is 2.68 bits per heavy atom. The highest BCUT2D eigenvalue weighted by molar-refractivity contribution is 5.78. The third-order valence-electron chi connectivity index (χ3n) is 3.84. The van der Waals surface area contributed by atoms with Gasteiger partial charge < -0.3 is 10.0 Å². The van der Waals surface area contributed by atoms with E-state index in [4.69, 9.17) is 0 Å². The maximum atomic E-state index is 10.7. The minimum absolute atomic E-state index is 0.268. The first-order chi connectivity index (χ1) is 9.15. The number of rotatable bonds is 3. The topological polar surface area (TPSA) is 64.3 Å². The summed E-state index contributed by atoms with van der Waals surface area (Å²) in [5.41, 5.74) is 1.96. The van der Waals surface area contributed by atoms with Gasteiger partial charge in [-0.3, -0.25) is 4.79 Å². The second-order valence-corrected chi connectivity index (χ2v) is 5.07. The smallest absolute Gasteiger partial charge is 0.150 e. The fraction of sp³-hybridized carbons (Fsp3) is 0.467. The van der Waals surface area contributed by atoms with Crippen molar-refractivity contribution in [2.24, 2.45) is 5.92 Å². The van der Waals surface area contributed by atoms with Crippen LogP contribution in [0, 0.1) is 17.2 Å². The van der Waals surface area contributed by atoms with E-state index in [9.17, 15) is 15.2 Å². The summed E-state index contributed by atoms with van der Waals surface area (Å²) in [6, 6.07) is 7.36. The highest BCUT2D eigenvalue weighted by Gasteiger charge is 2.23. The first kappa shape index (κ1) is 13.6. The fourth-order valence-corrected chi connectivity index (χ4v) is 2.62. The molecule has 1 unspecified atom stereocenters. The van der Waals surface area contributed by atoms with Gasteiger partial charge in [-0.05, 0) is 43.9 Å². The van der Waals surface area contributed by atoms with Crippen LogP contribution in [-0.2, 0) is 0 Å². The number of benzene rings is 1. The third kappa shape index (κ3) is 2.94. The lowest BCUT2D eigenvalue weighted by molar-refractivity contribution is 0.109. The molecule has 1 aromatic rings. The van der Waals surface area contributed by atoms with Gasteiger partial charge in [0.05, 0.1) is 17.4 Å². The standard InChI is InChI=1S/C15H18N2O2/c1-11(19)13-4-6-17(7-5-13)15-3-2-12(10-18)8-14(15)9-16/h2-3,8,10-11,13,19H,4-7H2,1H3. The van der Waals surface area contributed by atoms with E-state index in [-0.39, 0.29) is 6.10 Å².